The van der Waals surface area contributed by atoms with Crippen LogP contribution in [0.2, 0.25) is 0 Å². The highest BCUT2D eigenvalue weighted by Crippen LogP contribution is 2.33. The molecule has 0 saturated heterocycles. The minimum atomic E-state index is -0.0503. The molecule has 0 radical (unpaired) electrons. The van der Waals surface area contributed by atoms with Crippen molar-refractivity contribution in [1.29, 1.82) is 0 Å². The minimum Gasteiger partial charge on any atom is -0.320 e. The van der Waals surface area contributed by atoms with Crippen molar-refractivity contribution in [3.8, 4) is 0 Å². The first-order valence-corrected chi connectivity index (χ1v) is 7.61. The van der Waals surface area contributed by atoms with Crippen LogP contribution < -0.4 is 10.2 Å². The Morgan fingerprint density at radius 2 is 2.05 bits per heavy atom. The summed E-state index contributed by atoms with van der Waals surface area (Å²) in [5, 5.41) is 3.46. The van der Waals surface area contributed by atoms with E-state index in [-0.39, 0.29) is 5.91 Å². The molecule has 0 bridgehead atoms. The molecule has 22 heavy (non-hydrogen) atoms. The number of para-hydroxylation sites is 1. The van der Waals surface area contributed by atoms with E-state index < -0.39 is 0 Å². The first-order chi connectivity index (χ1) is 10.8. The van der Waals surface area contributed by atoms with Gasteiger partial charge >= 0.3 is 0 Å². The summed E-state index contributed by atoms with van der Waals surface area (Å²) in [6.45, 7) is 3.59. The molecule has 5 heteroatoms. The number of nitrogens with one attached hydrogen (secondary N) is 1. The summed E-state index contributed by atoms with van der Waals surface area (Å²) >= 11 is 0. The topological polar surface area (TPSA) is 47.9 Å². The molecule has 1 unspecified atom stereocenters. The quantitative estimate of drug-likeness (QED) is 0.860. The Morgan fingerprint density at radius 3 is 2.86 bits per heavy atom. The van der Waals surface area contributed by atoms with Crippen LogP contribution in [-0.2, 0) is 4.79 Å². The first kappa shape index (κ1) is 13.3. The van der Waals surface area contributed by atoms with E-state index in [0.717, 1.165) is 24.4 Å². The highest BCUT2D eigenvalue weighted by atomic mass is 16.2. The van der Waals surface area contributed by atoms with E-state index in [4.69, 9.17) is 0 Å². The normalized spacial score (nSPS) is 24.1. The second-order valence-corrected chi connectivity index (χ2v) is 5.80. The Kier molecular flexibility index (Phi) is 3.08. The maximum absolute atomic E-state index is 13.0. The lowest BCUT2D eigenvalue weighted by Crippen LogP contribution is -2.56. The predicted octanol–water partition coefficient (Wildman–Crippen LogP) is 1.85. The summed E-state index contributed by atoms with van der Waals surface area (Å²) in [5.41, 5.74) is 3.15. The molecule has 112 valence electrons. The molecule has 1 atom stereocenters. The zero-order chi connectivity index (χ0) is 15.1. The van der Waals surface area contributed by atoms with E-state index in [1.807, 2.05) is 41.3 Å². The number of nitrogens with zero attached hydrogens (tertiary/aromatic N) is 3. The number of rotatable bonds is 1. The van der Waals surface area contributed by atoms with Crippen LogP contribution in [0.5, 0.6) is 0 Å². The molecular formula is C17H18N4O. The molecule has 0 fully saturated rings. The monoisotopic (exact) mass is 294 g/mol. The molecule has 1 amide bonds. The smallest absolute Gasteiger partial charge is 0.298 e. The number of hydrogen-bond acceptors (Lipinski definition) is 4. The summed E-state index contributed by atoms with van der Waals surface area (Å²) in [7, 11) is 0. The number of carbonyl (C=O) groups excluding carboxylic acids is 1. The van der Waals surface area contributed by atoms with E-state index in [0.29, 0.717) is 18.4 Å². The second-order valence-electron chi connectivity index (χ2n) is 5.80. The fourth-order valence-corrected chi connectivity index (χ4v) is 3.24. The van der Waals surface area contributed by atoms with Gasteiger partial charge in [0.15, 0.2) is 5.84 Å². The number of benzene rings is 1. The summed E-state index contributed by atoms with van der Waals surface area (Å²) < 4.78 is 0. The molecule has 0 saturated carbocycles. The molecule has 0 aromatic heterocycles. The average Bonchev–Trinajstić information content (AvgIpc) is 2.57. The third-order valence-corrected chi connectivity index (χ3v) is 4.30. The molecule has 4 rings (SSSR count). The minimum absolute atomic E-state index is 0.0503. The van der Waals surface area contributed by atoms with Crippen molar-refractivity contribution in [3.63, 3.8) is 0 Å². The van der Waals surface area contributed by atoms with Gasteiger partial charge in [-0.1, -0.05) is 18.2 Å². The summed E-state index contributed by atoms with van der Waals surface area (Å²) in [6.07, 6.45) is 4.62. The van der Waals surface area contributed by atoms with Gasteiger partial charge in [-0.25, -0.2) is 4.99 Å². The Bertz CT molecular complexity index is 705. The van der Waals surface area contributed by atoms with E-state index >= 15 is 0 Å². The van der Waals surface area contributed by atoms with Crippen molar-refractivity contribution in [2.24, 2.45) is 4.99 Å². The van der Waals surface area contributed by atoms with Gasteiger partial charge in [0, 0.05) is 43.1 Å². The predicted molar refractivity (Wildman–Crippen MR) is 86.3 cm³/mol. The van der Waals surface area contributed by atoms with Crippen LogP contribution in [0.15, 0.2) is 59.0 Å². The van der Waals surface area contributed by atoms with Crippen LogP contribution in [0.1, 0.15) is 13.3 Å². The van der Waals surface area contributed by atoms with Crippen LogP contribution in [-0.4, -0.2) is 35.8 Å². The fourth-order valence-electron chi connectivity index (χ4n) is 3.24. The lowest BCUT2D eigenvalue weighted by molar-refractivity contribution is -0.113. The van der Waals surface area contributed by atoms with Crippen LogP contribution in [0.3, 0.4) is 0 Å². The van der Waals surface area contributed by atoms with Crippen LogP contribution in [0.25, 0.3) is 0 Å². The van der Waals surface area contributed by atoms with Gasteiger partial charge in [0.2, 0.25) is 0 Å². The average molecular weight is 294 g/mol. The standard InChI is InChI=1S/C17H18N4O/c1-12-10-14-15(11-19-12)21(13-6-3-2-4-7-13)17(22)16-18-8-5-9-20(14)16/h2-8,12,19H,9-11H2,1H3. The summed E-state index contributed by atoms with van der Waals surface area (Å²) in [4.78, 5) is 21.2. The molecule has 3 aliphatic heterocycles. The van der Waals surface area contributed by atoms with E-state index in [1.54, 1.807) is 6.20 Å². The highest BCUT2D eigenvalue weighted by Gasteiger charge is 2.40. The molecule has 0 spiro atoms. The van der Waals surface area contributed by atoms with Gasteiger partial charge in [0.1, 0.15) is 0 Å². The number of aliphatic imine (C=N–C) groups is 1. The molecular weight excluding hydrogens is 276 g/mol. The van der Waals surface area contributed by atoms with E-state index in [9.17, 15) is 4.79 Å². The molecule has 1 aromatic carbocycles. The zero-order valence-corrected chi connectivity index (χ0v) is 12.5. The van der Waals surface area contributed by atoms with Crippen molar-refractivity contribution >= 4 is 17.4 Å². The fraction of sp³-hybridized carbons (Fsp3) is 0.294. The van der Waals surface area contributed by atoms with Gasteiger partial charge in [-0.3, -0.25) is 9.69 Å². The molecule has 1 aromatic rings. The third-order valence-electron chi connectivity index (χ3n) is 4.30. The van der Waals surface area contributed by atoms with Gasteiger partial charge in [-0.15, -0.1) is 0 Å². The van der Waals surface area contributed by atoms with Crippen molar-refractivity contribution in [3.05, 3.63) is 54.0 Å². The zero-order valence-electron chi connectivity index (χ0n) is 12.5. The number of amides is 1. The Hall–Kier alpha value is -2.40. The summed E-state index contributed by atoms with van der Waals surface area (Å²) in [6, 6.07) is 10.2. The maximum Gasteiger partial charge on any atom is 0.298 e. The molecule has 3 heterocycles. The highest BCUT2D eigenvalue weighted by molar-refractivity contribution is 6.45. The van der Waals surface area contributed by atoms with E-state index in [1.165, 1.54) is 5.70 Å². The molecule has 5 nitrogen and oxygen atoms in total. The lowest BCUT2D eigenvalue weighted by Gasteiger charge is -2.43. The Labute approximate surface area is 129 Å². The molecule has 1 N–H and O–H groups in total. The number of carbonyl (C=O) groups is 1. The molecule has 0 aliphatic carbocycles. The number of hydrogen-bond donors (Lipinski definition) is 1. The number of anilines is 1. The van der Waals surface area contributed by atoms with Crippen molar-refractivity contribution in [1.82, 2.24) is 10.2 Å². The van der Waals surface area contributed by atoms with Gasteiger partial charge < -0.3 is 10.2 Å². The van der Waals surface area contributed by atoms with Gasteiger partial charge in [-0.2, -0.15) is 0 Å². The second kappa shape index (κ2) is 5.10. The maximum atomic E-state index is 13.0. The third kappa shape index (κ3) is 1.97. The summed E-state index contributed by atoms with van der Waals surface area (Å²) in [5.74, 6) is 0.477. The number of fused-ring (bicyclic) bond motifs is 2. The molecule has 3 aliphatic rings. The largest absolute Gasteiger partial charge is 0.320 e. The lowest BCUT2D eigenvalue weighted by atomic mass is 10.0. The van der Waals surface area contributed by atoms with Crippen LogP contribution in [0, 0.1) is 0 Å². The van der Waals surface area contributed by atoms with Crippen LogP contribution >= 0.6 is 0 Å². The van der Waals surface area contributed by atoms with E-state index in [2.05, 4.69) is 22.1 Å². The Morgan fingerprint density at radius 1 is 1.23 bits per heavy atom. The number of amidine groups is 1. The Balaban J connectivity index is 1.88. The van der Waals surface area contributed by atoms with Crippen molar-refractivity contribution in [2.45, 2.75) is 19.4 Å². The SMILES string of the molecule is CC1CC2=C(CN1)N(c1ccccc1)C(=O)C1=NC=CCN12. The van der Waals surface area contributed by atoms with Gasteiger partial charge in [0.05, 0.1) is 5.70 Å². The van der Waals surface area contributed by atoms with Crippen molar-refractivity contribution < 1.29 is 4.79 Å². The first-order valence-electron chi connectivity index (χ1n) is 7.61. The van der Waals surface area contributed by atoms with Gasteiger partial charge in [-0.05, 0) is 25.1 Å². The van der Waals surface area contributed by atoms with Crippen LogP contribution in [0.4, 0.5) is 5.69 Å². The van der Waals surface area contributed by atoms with Crippen molar-refractivity contribution in [2.75, 3.05) is 18.0 Å². The van der Waals surface area contributed by atoms with Gasteiger partial charge in [0.25, 0.3) is 5.91 Å².